The van der Waals surface area contributed by atoms with Gasteiger partial charge in [0.1, 0.15) is 0 Å². The first-order valence-electron chi connectivity index (χ1n) is 3.98. The van der Waals surface area contributed by atoms with E-state index in [0.29, 0.717) is 0 Å². The average Bonchev–Trinajstić information content (AvgIpc) is 2.12. The molecule has 0 fully saturated rings. The van der Waals surface area contributed by atoms with Crippen LogP contribution in [0.5, 0.6) is 0 Å². The third-order valence-corrected chi connectivity index (χ3v) is 1.69. The summed E-state index contributed by atoms with van der Waals surface area (Å²) in [5.74, 6) is -0.262. The number of nitrogens with zero attached hydrogens (tertiary/aromatic N) is 1. The Hall–Kier alpha value is -1.29. The van der Waals surface area contributed by atoms with Crippen molar-refractivity contribution in [3.8, 4) is 0 Å². The highest BCUT2D eigenvalue weighted by atomic mass is 16.2. The summed E-state index contributed by atoms with van der Waals surface area (Å²) in [6.07, 6.45) is 2.97. The fourth-order valence-corrected chi connectivity index (χ4v) is 0.663. The maximum Gasteiger partial charge on any atom is 0.306 e. The van der Waals surface area contributed by atoms with E-state index >= 15 is 0 Å². The van der Waals surface area contributed by atoms with Gasteiger partial charge >= 0.3 is 5.91 Å². The lowest BCUT2D eigenvalue weighted by Gasteiger charge is -2.15. The molecule has 0 heterocycles. The summed E-state index contributed by atoms with van der Waals surface area (Å²) >= 11 is 0. The first-order valence-corrected chi connectivity index (χ1v) is 3.98. The lowest BCUT2D eigenvalue weighted by molar-refractivity contribution is -0.645. The Bertz CT molecular complexity index is 254. The Morgan fingerprint density at radius 3 is 2.54 bits per heavy atom. The monoisotopic (exact) mass is 182 g/mol. The Balaban J connectivity index is 4.42. The van der Waals surface area contributed by atoms with Crippen molar-refractivity contribution in [1.29, 1.82) is 5.41 Å². The van der Waals surface area contributed by atoms with Gasteiger partial charge in [0.25, 0.3) is 0 Å². The van der Waals surface area contributed by atoms with Crippen molar-refractivity contribution in [1.82, 2.24) is 0 Å². The number of hydrogen-bond donors (Lipinski definition) is 2. The Kier molecular flexibility index (Phi) is 4.20. The molecule has 0 aromatic carbocycles. The van der Waals surface area contributed by atoms with Crippen LogP contribution < -0.4 is 5.32 Å². The number of hydrogen-bond acceptors (Lipinski definition) is 2. The lowest BCUT2D eigenvalue weighted by Crippen LogP contribution is -2.92. The zero-order valence-electron chi connectivity index (χ0n) is 8.29. The Morgan fingerprint density at radius 2 is 2.15 bits per heavy atom. The lowest BCUT2D eigenvalue weighted by atomic mass is 10.1. The minimum Gasteiger partial charge on any atom is -0.308 e. The molecular weight excluding hydrogens is 166 g/mol. The van der Waals surface area contributed by atoms with Crippen LogP contribution in [-0.2, 0) is 4.79 Å². The van der Waals surface area contributed by atoms with Gasteiger partial charge in [-0.25, -0.2) is 4.99 Å². The largest absolute Gasteiger partial charge is 0.308 e. The number of carbonyl (C=O) groups excluding carboxylic acids is 1. The fraction of sp³-hybridized carbons (Fsp3) is 0.444. The van der Waals surface area contributed by atoms with E-state index in [1.165, 1.54) is 6.21 Å². The highest BCUT2D eigenvalue weighted by Crippen LogP contribution is 1.97. The minimum absolute atomic E-state index is 0.262. The van der Waals surface area contributed by atoms with Crippen LogP contribution in [0.25, 0.3) is 0 Å². The van der Waals surface area contributed by atoms with Gasteiger partial charge in [0.15, 0.2) is 5.54 Å². The smallest absolute Gasteiger partial charge is 0.306 e. The summed E-state index contributed by atoms with van der Waals surface area (Å²) in [5, 5.41) is 8.66. The summed E-state index contributed by atoms with van der Waals surface area (Å²) in [6.45, 7) is 8.51. The molecule has 0 aliphatic rings. The molecule has 72 valence electrons. The summed E-state index contributed by atoms with van der Waals surface area (Å²) in [7, 11) is 0. The van der Waals surface area contributed by atoms with Gasteiger partial charge in [-0.3, -0.25) is 4.79 Å². The fourth-order valence-electron chi connectivity index (χ4n) is 0.663. The molecule has 4 heteroatoms. The van der Waals surface area contributed by atoms with Gasteiger partial charge in [-0.1, -0.05) is 0 Å². The molecule has 0 aliphatic carbocycles. The first-order chi connectivity index (χ1) is 5.94. The first kappa shape index (κ1) is 11.7. The molecule has 0 saturated heterocycles. The predicted octanol–water partition coefficient (Wildman–Crippen LogP) is 0.109. The van der Waals surface area contributed by atoms with Crippen LogP contribution in [0.15, 0.2) is 16.8 Å². The third kappa shape index (κ3) is 3.75. The van der Waals surface area contributed by atoms with Gasteiger partial charge < -0.3 is 10.7 Å². The molecule has 0 aromatic rings. The number of allylic oxidation sites excluding steroid dienone is 1. The van der Waals surface area contributed by atoms with Crippen LogP contribution in [-0.4, -0.2) is 24.4 Å². The molecule has 0 atom stereocenters. The molecule has 13 heavy (non-hydrogen) atoms. The molecule has 0 bridgehead atoms. The maximum absolute atomic E-state index is 11.2. The second kappa shape index (κ2) is 4.67. The standard InChI is InChI=1S/C9H15N3O/c1-7(5-10)6-12-9(2,3)8(13)11-4/h5-6,10,12H,4H2,1-3H3/p+1. The van der Waals surface area contributed by atoms with Gasteiger partial charge in [-0.15, -0.1) is 0 Å². The van der Waals surface area contributed by atoms with Crippen LogP contribution >= 0.6 is 0 Å². The molecule has 1 amide bonds. The van der Waals surface area contributed by atoms with E-state index in [1.807, 2.05) is 0 Å². The van der Waals surface area contributed by atoms with Crippen molar-refractivity contribution in [3.05, 3.63) is 11.8 Å². The van der Waals surface area contributed by atoms with Crippen molar-refractivity contribution >= 4 is 18.8 Å². The van der Waals surface area contributed by atoms with E-state index in [-0.39, 0.29) is 5.91 Å². The van der Waals surface area contributed by atoms with E-state index < -0.39 is 5.54 Å². The number of quaternary nitrogens is 1. The van der Waals surface area contributed by atoms with Crippen molar-refractivity contribution in [3.63, 3.8) is 0 Å². The average molecular weight is 182 g/mol. The number of rotatable bonds is 4. The van der Waals surface area contributed by atoms with Crippen LogP contribution in [0.1, 0.15) is 20.8 Å². The normalized spacial score (nSPS) is 12.4. The molecule has 0 aromatic heterocycles. The second-order valence-corrected chi connectivity index (χ2v) is 3.41. The summed E-state index contributed by atoms with van der Waals surface area (Å²) in [6, 6.07) is 0. The Morgan fingerprint density at radius 1 is 1.62 bits per heavy atom. The molecule has 0 rings (SSSR count). The molecule has 0 unspecified atom stereocenters. The third-order valence-electron chi connectivity index (χ3n) is 1.69. The molecular formula is C9H16N3O+. The van der Waals surface area contributed by atoms with Gasteiger partial charge in [-0.2, -0.15) is 0 Å². The van der Waals surface area contributed by atoms with Crippen LogP contribution in [0.2, 0.25) is 0 Å². The molecule has 0 spiro atoms. The van der Waals surface area contributed by atoms with Gasteiger partial charge in [0, 0.05) is 25.6 Å². The topological polar surface area (TPSA) is 69.9 Å². The van der Waals surface area contributed by atoms with E-state index in [9.17, 15) is 4.79 Å². The van der Waals surface area contributed by atoms with Gasteiger partial charge in [0.05, 0.1) is 6.20 Å². The van der Waals surface area contributed by atoms with Crippen molar-refractivity contribution < 1.29 is 10.1 Å². The minimum atomic E-state index is -0.633. The quantitative estimate of drug-likeness (QED) is 0.595. The van der Waals surface area contributed by atoms with E-state index in [2.05, 4.69) is 11.7 Å². The van der Waals surface area contributed by atoms with Gasteiger partial charge in [0.2, 0.25) is 0 Å². The second-order valence-electron chi connectivity index (χ2n) is 3.41. The zero-order valence-corrected chi connectivity index (χ0v) is 8.29. The molecule has 0 saturated carbocycles. The Labute approximate surface area is 78.3 Å². The van der Waals surface area contributed by atoms with Gasteiger partial charge in [-0.05, 0) is 13.6 Å². The van der Waals surface area contributed by atoms with Crippen LogP contribution in [0, 0.1) is 5.41 Å². The highest BCUT2D eigenvalue weighted by molar-refractivity contribution is 5.87. The SMILES string of the molecule is C=NC(=O)C(C)(C)[NH2+]C=C(C)C=N. The number of carbonyl (C=O) groups is 1. The molecule has 0 radical (unpaired) electrons. The van der Waals surface area contributed by atoms with E-state index in [4.69, 9.17) is 5.41 Å². The number of aliphatic imine (C=N–C) groups is 1. The summed E-state index contributed by atoms with van der Waals surface area (Å²) < 4.78 is 0. The van der Waals surface area contributed by atoms with Crippen LogP contribution in [0.3, 0.4) is 0 Å². The van der Waals surface area contributed by atoms with E-state index in [1.54, 1.807) is 32.3 Å². The van der Waals surface area contributed by atoms with Crippen molar-refractivity contribution in [2.45, 2.75) is 26.3 Å². The summed E-state index contributed by atoms with van der Waals surface area (Å²) in [5.41, 5.74) is 0.163. The molecule has 3 N–H and O–H groups in total. The number of nitrogens with one attached hydrogen (secondary N) is 1. The highest BCUT2D eigenvalue weighted by Gasteiger charge is 2.29. The number of nitrogens with two attached hydrogens (primary N) is 1. The summed E-state index contributed by atoms with van der Waals surface area (Å²) in [4.78, 5) is 14.5. The molecule has 0 aliphatic heterocycles. The zero-order chi connectivity index (χ0) is 10.5. The van der Waals surface area contributed by atoms with Crippen LogP contribution in [0.4, 0.5) is 0 Å². The van der Waals surface area contributed by atoms with E-state index in [0.717, 1.165) is 5.57 Å². The predicted molar refractivity (Wildman–Crippen MR) is 53.1 cm³/mol. The van der Waals surface area contributed by atoms with Crippen molar-refractivity contribution in [2.24, 2.45) is 4.99 Å². The maximum atomic E-state index is 11.2. The number of amides is 1. The molecule has 4 nitrogen and oxygen atoms in total. The van der Waals surface area contributed by atoms with Crippen molar-refractivity contribution in [2.75, 3.05) is 0 Å².